The van der Waals surface area contributed by atoms with E-state index >= 15 is 0 Å². The highest BCUT2D eigenvalue weighted by Gasteiger charge is 2.14. The molecule has 6 nitrogen and oxygen atoms in total. The van der Waals surface area contributed by atoms with Crippen molar-refractivity contribution in [3.63, 3.8) is 0 Å². The molecule has 0 radical (unpaired) electrons. The Kier molecular flexibility index (Phi) is 2.56. The molecule has 0 aliphatic rings. The Bertz CT molecular complexity index is 672. The lowest BCUT2D eigenvalue weighted by molar-refractivity contribution is 0.441. The summed E-state index contributed by atoms with van der Waals surface area (Å²) in [7, 11) is 1.87. The molecular formula is C12H13N5O. The summed E-state index contributed by atoms with van der Waals surface area (Å²) in [6, 6.07) is 0.0821. The van der Waals surface area contributed by atoms with Crippen molar-refractivity contribution in [2.45, 2.75) is 13.0 Å². The van der Waals surface area contributed by atoms with Gasteiger partial charge in [0.2, 0.25) is 5.89 Å². The third-order valence-corrected chi connectivity index (χ3v) is 2.92. The first-order valence-corrected chi connectivity index (χ1v) is 5.70. The molecule has 3 aromatic heterocycles. The van der Waals surface area contributed by atoms with Crippen molar-refractivity contribution in [3.8, 4) is 11.3 Å². The minimum atomic E-state index is 0.0821. The second kappa shape index (κ2) is 4.23. The lowest BCUT2D eigenvalue weighted by Gasteiger charge is -2.03. The van der Waals surface area contributed by atoms with Gasteiger partial charge in [0, 0.05) is 12.4 Å². The maximum Gasteiger partial charge on any atom is 0.211 e. The number of nitrogens with zero attached hydrogens (tertiary/aromatic N) is 4. The van der Waals surface area contributed by atoms with Gasteiger partial charge in [0.05, 0.1) is 35.7 Å². The molecule has 18 heavy (non-hydrogen) atoms. The fourth-order valence-electron chi connectivity index (χ4n) is 1.76. The number of fused-ring (bicyclic) bond motifs is 1. The SMILES string of the molecule is CNC(C)c1ncc(-c2cnn3ccncc23)o1. The summed E-state index contributed by atoms with van der Waals surface area (Å²) in [4.78, 5) is 8.36. The van der Waals surface area contributed by atoms with E-state index in [1.807, 2.05) is 14.0 Å². The smallest absolute Gasteiger partial charge is 0.211 e. The summed E-state index contributed by atoms with van der Waals surface area (Å²) in [5.41, 5.74) is 1.79. The van der Waals surface area contributed by atoms with Crippen LogP contribution in [0.25, 0.3) is 16.8 Å². The van der Waals surface area contributed by atoms with E-state index in [4.69, 9.17) is 4.42 Å². The molecule has 1 atom stereocenters. The molecule has 92 valence electrons. The Balaban J connectivity index is 2.07. The van der Waals surface area contributed by atoms with Crippen molar-refractivity contribution in [3.05, 3.63) is 36.9 Å². The Morgan fingerprint density at radius 3 is 3.06 bits per heavy atom. The van der Waals surface area contributed by atoms with Crippen LogP contribution >= 0.6 is 0 Å². The highest BCUT2D eigenvalue weighted by atomic mass is 16.4. The molecule has 0 aliphatic carbocycles. The lowest BCUT2D eigenvalue weighted by atomic mass is 10.2. The van der Waals surface area contributed by atoms with E-state index in [0.29, 0.717) is 11.7 Å². The monoisotopic (exact) mass is 243 g/mol. The molecule has 0 aromatic carbocycles. The van der Waals surface area contributed by atoms with E-state index in [9.17, 15) is 0 Å². The predicted octanol–water partition coefficient (Wildman–Crippen LogP) is 1.66. The minimum Gasteiger partial charge on any atom is -0.439 e. The zero-order valence-electron chi connectivity index (χ0n) is 10.2. The zero-order chi connectivity index (χ0) is 12.5. The first kappa shape index (κ1) is 10.9. The molecule has 6 heteroatoms. The Labute approximate surface area is 104 Å². The largest absolute Gasteiger partial charge is 0.439 e. The second-order valence-corrected chi connectivity index (χ2v) is 4.04. The van der Waals surface area contributed by atoms with Crippen molar-refractivity contribution >= 4 is 5.52 Å². The van der Waals surface area contributed by atoms with Crippen molar-refractivity contribution in [1.82, 2.24) is 24.9 Å². The highest BCUT2D eigenvalue weighted by molar-refractivity contribution is 5.75. The van der Waals surface area contributed by atoms with Gasteiger partial charge >= 0.3 is 0 Å². The van der Waals surface area contributed by atoms with E-state index in [-0.39, 0.29) is 6.04 Å². The van der Waals surface area contributed by atoms with E-state index < -0.39 is 0 Å². The van der Waals surface area contributed by atoms with Gasteiger partial charge < -0.3 is 9.73 Å². The Morgan fingerprint density at radius 2 is 2.22 bits per heavy atom. The first-order chi connectivity index (χ1) is 8.79. The van der Waals surface area contributed by atoms with Crippen molar-refractivity contribution in [1.29, 1.82) is 0 Å². The van der Waals surface area contributed by atoms with Gasteiger partial charge in [0.1, 0.15) is 0 Å². The second-order valence-electron chi connectivity index (χ2n) is 4.04. The predicted molar refractivity (Wildman–Crippen MR) is 66.0 cm³/mol. The van der Waals surface area contributed by atoms with Crippen molar-refractivity contribution in [2.75, 3.05) is 7.05 Å². The fourth-order valence-corrected chi connectivity index (χ4v) is 1.76. The number of hydrogen-bond donors (Lipinski definition) is 1. The molecule has 0 fully saturated rings. The molecule has 1 unspecified atom stereocenters. The standard InChI is InChI=1S/C12H13N5O/c1-8(13-2)12-15-7-11(18-12)9-5-16-17-4-3-14-6-10(9)17/h3-8,13H,1-2H3. The molecule has 3 aromatic rings. The van der Waals surface area contributed by atoms with Crippen LogP contribution in [0.4, 0.5) is 0 Å². The van der Waals surface area contributed by atoms with E-state index in [1.165, 1.54) is 0 Å². The summed E-state index contributed by atoms with van der Waals surface area (Å²) in [6.45, 7) is 1.99. The highest BCUT2D eigenvalue weighted by Crippen LogP contribution is 2.26. The van der Waals surface area contributed by atoms with Crippen LogP contribution < -0.4 is 5.32 Å². The van der Waals surface area contributed by atoms with Gasteiger partial charge in [-0.1, -0.05) is 0 Å². The molecule has 0 spiro atoms. The summed E-state index contributed by atoms with van der Waals surface area (Å²) < 4.78 is 7.49. The normalized spacial score (nSPS) is 13.0. The Hall–Kier alpha value is -2.21. The summed E-state index contributed by atoms with van der Waals surface area (Å²) in [5, 5.41) is 7.33. The van der Waals surface area contributed by atoms with E-state index in [0.717, 1.165) is 11.1 Å². The van der Waals surface area contributed by atoms with Gasteiger partial charge in [-0.3, -0.25) is 4.98 Å². The van der Waals surface area contributed by atoms with Crippen LogP contribution in [-0.4, -0.2) is 26.6 Å². The van der Waals surface area contributed by atoms with Crippen LogP contribution in [0.1, 0.15) is 18.9 Å². The number of oxazole rings is 1. The number of nitrogens with one attached hydrogen (secondary N) is 1. The van der Waals surface area contributed by atoms with Gasteiger partial charge in [-0.2, -0.15) is 5.10 Å². The molecule has 0 saturated carbocycles. The maximum atomic E-state index is 5.73. The minimum absolute atomic E-state index is 0.0821. The molecule has 0 saturated heterocycles. The Morgan fingerprint density at radius 1 is 1.33 bits per heavy atom. The zero-order valence-corrected chi connectivity index (χ0v) is 10.2. The summed E-state index contributed by atoms with van der Waals surface area (Å²) in [5.74, 6) is 1.37. The lowest BCUT2D eigenvalue weighted by Crippen LogP contribution is -2.12. The van der Waals surface area contributed by atoms with Gasteiger partial charge in [-0.15, -0.1) is 0 Å². The van der Waals surface area contributed by atoms with Crippen LogP contribution in [0, 0.1) is 0 Å². The average Bonchev–Trinajstić information content (AvgIpc) is 3.03. The third kappa shape index (κ3) is 1.67. The first-order valence-electron chi connectivity index (χ1n) is 5.70. The van der Waals surface area contributed by atoms with E-state index in [1.54, 1.807) is 35.5 Å². The van der Waals surface area contributed by atoms with Gasteiger partial charge in [0.25, 0.3) is 0 Å². The average molecular weight is 243 g/mol. The van der Waals surface area contributed by atoms with Crippen LogP contribution in [-0.2, 0) is 0 Å². The maximum absolute atomic E-state index is 5.73. The number of hydrogen-bond acceptors (Lipinski definition) is 5. The fraction of sp³-hybridized carbons (Fsp3) is 0.250. The van der Waals surface area contributed by atoms with Crippen molar-refractivity contribution < 1.29 is 4.42 Å². The third-order valence-electron chi connectivity index (χ3n) is 2.92. The topological polar surface area (TPSA) is 68.2 Å². The van der Waals surface area contributed by atoms with Crippen LogP contribution in [0.3, 0.4) is 0 Å². The van der Waals surface area contributed by atoms with Gasteiger partial charge in [-0.05, 0) is 14.0 Å². The molecule has 0 bridgehead atoms. The molecule has 3 rings (SSSR count). The molecule has 3 heterocycles. The van der Waals surface area contributed by atoms with Crippen molar-refractivity contribution in [2.24, 2.45) is 0 Å². The summed E-state index contributed by atoms with van der Waals surface area (Å²) >= 11 is 0. The quantitative estimate of drug-likeness (QED) is 0.757. The molecule has 0 aliphatic heterocycles. The molecular weight excluding hydrogens is 230 g/mol. The van der Waals surface area contributed by atoms with E-state index in [2.05, 4.69) is 20.4 Å². The van der Waals surface area contributed by atoms with Crippen LogP contribution in [0.5, 0.6) is 0 Å². The number of aromatic nitrogens is 4. The molecule has 1 N–H and O–H groups in total. The van der Waals surface area contributed by atoms with Gasteiger partial charge in [0.15, 0.2) is 5.76 Å². The summed E-state index contributed by atoms with van der Waals surface area (Å²) in [6.07, 6.45) is 8.72. The van der Waals surface area contributed by atoms with Gasteiger partial charge in [-0.25, -0.2) is 9.50 Å². The van der Waals surface area contributed by atoms with Crippen LogP contribution in [0.15, 0.2) is 35.4 Å². The number of rotatable bonds is 3. The molecule has 0 amide bonds. The van der Waals surface area contributed by atoms with Crippen LogP contribution in [0.2, 0.25) is 0 Å².